The molecule has 0 radical (unpaired) electrons. The van der Waals surface area contributed by atoms with Gasteiger partial charge in [0, 0.05) is 5.69 Å². The molecule has 0 aromatic heterocycles. The number of anilines is 1. The van der Waals surface area contributed by atoms with E-state index in [-0.39, 0.29) is 26.4 Å². The average molecular weight is 409 g/mol. The molecule has 0 aliphatic rings. The summed E-state index contributed by atoms with van der Waals surface area (Å²) >= 11 is 0. The Morgan fingerprint density at radius 1 is 1.00 bits per heavy atom. The van der Waals surface area contributed by atoms with Crippen LogP contribution in [0.1, 0.15) is 25.2 Å². The van der Waals surface area contributed by atoms with Gasteiger partial charge in [-0.3, -0.25) is 4.57 Å². The van der Waals surface area contributed by atoms with Crippen molar-refractivity contribution in [3.05, 3.63) is 60.2 Å². The quantitative estimate of drug-likeness (QED) is 0.459. The molecule has 0 bridgehead atoms. The first-order valence-electron chi connectivity index (χ1n) is 9.24. The summed E-state index contributed by atoms with van der Waals surface area (Å²) in [4.78, 5) is 0. The summed E-state index contributed by atoms with van der Waals surface area (Å²) in [5.41, 5.74) is 1.50. The second-order valence-electron chi connectivity index (χ2n) is 6.00. The molecule has 2 aromatic rings. The van der Waals surface area contributed by atoms with E-state index in [0.717, 1.165) is 5.69 Å². The second-order valence-corrected chi connectivity index (χ2v) is 8.12. The minimum absolute atomic E-state index is 0.0159. The van der Waals surface area contributed by atoms with Crippen LogP contribution >= 0.6 is 7.60 Å². The van der Waals surface area contributed by atoms with Gasteiger partial charge in [0.1, 0.15) is 18.5 Å². The molecule has 0 saturated carbocycles. The third-order valence-corrected chi connectivity index (χ3v) is 6.16. The van der Waals surface area contributed by atoms with Gasteiger partial charge in [0.2, 0.25) is 0 Å². The van der Waals surface area contributed by atoms with Gasteiger partial charge in [-0.25, -0.2) is 0 Å². The van der Waals surface area contributed by atoms with Crippen LogP contribution in [0, 0.1) is 0 Å². The average Bonchev–Trinajstić information content (AvgIpc) is 2.72. The maximum absolute atomic E-state index is 13.5. The van der Waals surface area contributed by atoms with Crippen LogP contribution in [0.4, 0.5) is 5.69 Å². The van der Waals surface area contributed by atoms with E-state index >= 15 is 0 Å². The predicted octanol–water partition coefficient (Wildman–Crippen LogP) is 3.80. The third kappa shape index (κ3) is 6.33. The molecule has 0 fully saturated rings. The first kappa shape index (κ1) is 22.4. The number of rotatable bonds is 12. The van der Waals surface area contributed by atoms with Crippen molar-refractivity contribution in [2.24, 2.45) is 0 Å². The van der Waals surface area contributed by atoms with Crippen molar-refractivity contribution < 1.29 is 28.6 Å². The van der Waals surface area contributed by atoms with Crippen molar-refractivity contribution in [1.82, 2.24) is 0 Å². The molecule has 154 valence electrons. The van der Waals surface area contributed by atoms with Crippen LogP contribution in [0.3, 0.4) is 0 Å². The van der Waals surface area contributed by atoms with Crippen molar-refractivity contribution >= 4 is 13.3 Å². The summed E-state index contributed by atoms with van der Waals surface area (Å²) in [5.74, 6) is -0.177. The largest absolute Gasteiger partial charge is 0.491 e. The number of benzene rings is 2. The summed E-state index contributed by atoms with van der Waals surface area (Å²) < 4.78 is 30.0. The molecule has 0 amide bonds. The van der Waals surface area contributed by atoms with Gasteiger partial charge < -0.3 is 29.3 Å². The molecule has 3 N–H and O–H groups in total. The molecule has 7 nitrogen and oxygen atoms in total. The number of hydrogen-bond acceptors (Lipinski definition) is 7. The van der Waals surface area contributed by atoms with Gasteiger partial charge in [-0.2, -0.15) is 0 Å². The Balaban J connectivity index is 2.28. The first-order valence-corrected chi connectivity index (χ1v) is 10.9. The molecule has 8 heteroatoms. The zero-order valence-electron chi connectivity index (χ0n) is 16.2. The molecular weight excluding hydrogens is 381 g/mol. The minimum Gasteiger partial charge on any atom is -0.491 e. The van der Waals surface area contributed by atoms with E-state index in [1.165, 1.54) is 0 Å². The Labute approximate surface area is 165 Å². The van der Waals surface area contributed by atoms with Crippen molar-refractivity contribution in [1.29, 1.82) is 0 Å². The predicted molar refractivity (Wildman–Crippen MR) is 109 cm³/mol. The second kappa shape index (κ2) is 11.2. The molecular formula is C20H28NO6P. The summed E-state index contributed by atoms with van der Waals surface area (Å²) in [6, 6.07) is 16.4. The fourth-order valence-corrected chi connectivity index (χ4v) is 4.51. The van der Waals surface area contributed by atoms with Crippen molar-refractivity contribution in [2.75, 3.05) is 31.7 Å². The van der Waals surface area contributed by atoms with Crippen LogP contribution in [-0.2, 0) is 13.6 Å². The molecule has 0 heterocycles. The number of aliphatic hydroxyl groups excluding tert-OH is 2. The minimum atomic E-state index is -3.49. The Hall–Kier alpha value is -1.89. The monoisotopic (exact) mass is 409 g/mol. The van der Waals surface area contributed by atoms with Crippen molar-refractivity contribution in [3.63, 3.8) is 0 Å². The van der Waals surface area contributed by atoms with Crippen LogP contribution in [0.5, 0.6) is 5.75 Å². The van der Waals surface area contributed by atoms with Gasteiger partial charge in [0.15, 0.2) is 5.78 Å². The molecule has 28 heavy (non-hydrogen) atoms. The van der Waals surface area contributed by atoms with E-state index in [2.05, 4.69) is 5.32 Å². The summed E-state index contributed by atoms with van der Waals surface area (Å²) in [6.45, 7) is 3.67. The summed E-state index contributed by atoms with van der Waals surface area (Å²) in [6.07, 6.45) is -0.941. The Morgan fingerprint density at radius 3 is 2.14 bits per heavy atom. The molecule has 2 unspecified atom stereocenters. The number of hydrogen-bond donors (Lipinski definition) is 3. The van der Waals surface area contributed by atoms with E-state index in [0.29, 0.717) is 11.3 Å². The molecule has 0 aliphatic heterocycles. The number of ether oxygens (including phenoxy) is 1. The third-order valence-electron chi connectivity index (χ3n) is 3.86. The van der Waals surface area contributed by atoms with Crippen LogP contribution in [0.2, 0.25) is 0 Å². The number of aliphatic hydroxyl groups is 2. The van der Waals surface area contributed by atoms with Crippen LogP contribution in [-0.4, -0.2) is 42.7 Å². The summed E-state index contributed by atoms with van der Waals surface area (Å²) in [5, 5.41) is 21.5. The highest BCUT2D eigenvalue weighted by atomic mass is 31.2. The Morgan fingerprint density at radius 2 is 1.61 bits per heavy atom. The zero-order valence-corrected chi connectivity index (χ0v) is 17.0. The van der Waals surface area contributed by atoms with Gasteiger partial charge in [0.25, 0.3) is 0 Å². The van der Waals surface area contributed by atoms with E-state index in [9.17, 15) is 9.67 Å². The molecule has 2 rings (SSSR count). The normalized spacial score (nSPS) is 13.7. The van der Waals surface area contributed by atoms with E-state index in [4.69, 9.17) is 18.9 Å². The maximum atomic E-state index is 13.5. The van der Waals surface area contributed by atoms with Crippen molar-refractivity contribution in [3.8, 4) is 5.75 Å². The molecule has 0 spiro atoms. The highest BCUT2D eigenvalue weighted by Crippen LogP contribution is 2.60. The Bertz CT molecular complexity index is 730. The topological polar surface area (TPSA) is 97.3 Å². The lowest BCUT2D eigenvalue weighted by molar-refractivity contribution is 0.0536. The lowest BCUT2D eigenvalue weighted by atomic mass is 10.2. The lowest BCUT2D eigenvalue weighted by Gasteiger charge is -2.28. The first-order chi connectivity index (χ1) is 13.5. The van der Waals surface area contributed by atoms with Gasteiger partial charge in [-0.05, 0) is 43.7 Å². The fraction of sp³-hybridized carbons (Fsp3) is 0.400. The van der Waals surface area contributed by atoms with Gasteiger partial charge in [-0.15, -0.1) is 0 Å². The zero-order chi connectivity index (χ0) is 20.4. The summed E-state index contributed by atoms with van der Waals surface area (Å²) in [7, 11) is -3.49. The molecule has 2 atom stereocenters. The fourth-order valence-electron chi connectivity index (χ4n) is 2.57. The van der Waals surface area contributed by atoms with Crippen LogP contribution in [0.15, 0.2) is 54.6 Å². The number of nitrogens with one attached hydrogen (secondary N) is 1. The molecule has 2 aromatic carbocycles. The highest BCUT2D eigenvalue weighted by Gasteiger charge is 2.37. The Kier molecular flexibility index (Phi) is 8.96. The smallest absolute Gasteiger partial charge is 0.357 e. The van der Waals surface area contributed by atoms with Crippen LogP contribution < -0.4 is 10.1 Å². The van der Waals surface area contributed by atoms with Gasteiger partial charge in [0.05, 0.1) is 19.8 Å². The highest BCUT2D eigenvalue weighted by molar-refractivity contribution is 7.54. The SMILES string of the molecule is CCOP(=O)(OCC)C(Nc1ccccc1)c1ccc(OCC(O)CO)cc1. The molecule has 0 aliphatic carbocycles. The van der Waals surface area contributed by atoms with E-state index in [1.807, 2.05) is 30.3 Å². The van der Waals surface area contributed by atoms with Crippen LogP contribution in [0.25, 0.3) is 0 Å². The number of para-hydroxylation sites is 1. The maximum Gasteiger partial charge on any atom is 0.357 e. The van der Waals surface area contributed by atoms with Gasteiger partial charge in [-0.1, -0.05) is 30.3 Å². The standard InChI is InChI=1S/C20H28NO6P/c1-3-26-28(24,27-4-2)20(21-17-8-6-5-7-9-17)16-10-12-19(13-11-16)25-15-18(23)14-22/h5-13,18,20-23H,3-4,14-15H2,1-2H3. The van der Waals surface area contributed by atoms with Gasteiger partial charge >= 0.3 is 7.60 Å². The molecule has 0 saturated heterocycles. The lowest BCUT2D eigenvalue weighted by Crippen LogP contribution is -2.21. The van der Waals surface area contributed by atoms with E-state index < -0.39 is 19.5 Å². The van der Waals surface area contributed by atoms with Crippen molar-refractivity contribution in [2.45, 2.75) is 25.7 Å². The van der Waals surface area contributed by atoms with E-state index in [1.54, 1.807) is 38.1 Å².